The quantitative estimate of drug-likeness (QED) is 0.252. The molecule has 0 saturated heterocycles. The summed E-state index contributed by atoms with van der Waals surface area (Å²) in [7, 11) is 0. The molecule has 194 valence electrons. The van der Waals surface area contributed by atoms with E-state index in [1.807, 2.05) is 0 Å². The number of halogens is 1. The molecule has 1 N–H and O–H groups in total. The number of carbonyl (C=O) groups is 2. The van der Waals surface area contributed by atoms with Gasteiger partial charge in [0.15, 0.2) is 0 Å². The summed E-state index contributed by atoms with van der Waals surface area (Å²) >= 11 is 5.58. The number of carbonyl (C=O) groups excluding carboxylic acids is 2. The summed E-state index contributed by atoms with van der Waals surface area (Å²) in [5.74, 6) is -1.14. The van der Waals surface area contributed by atoms with Gasteiger partial charge in [-0.05, 0) is 51.0 Å². The average molecular weight is 522 g/mol. The highest BCUT2D eigenvalue weighted by Gasteiger charge is 2.21. The summed E-state index contributed by atoms with van der Waals surface area (Å²) in [5.41, 5.74) is 0.416. The van der Waals surface area contributed by atoms with E-state index in [0.29, 0.717) is 5.69 Å². The van der Waals surface area contributed by atoms with Crippen molar-refractivity contribution in [2.24, 2.45) is 0 Å². The molecule has 0 aromatic heterocycles. The molecule has 2 aromatic rings. The number of nitro benzene ring substituents is 2. The maximum Gasteiger partial charge on any atom is 0.338 e. The molecule has 0 aliphatic heterocycles. The van der Waals surface area contributed by atoms with Gasteiger partial charge in [0.25, 0.3) is 11.4 Å². The molecule has 0 heterocycles. The first-order valence-electron chi connectivity index (χ1n) is 11.5. The van der Waals surface area contributed by atoms with E-state index in [1.165, 1.54) is 24.6 Å². The van der Waals surface area contributed by atoms with E-state index in [9.17, 15) is 29.8 Å². The van der Waals surface area contributed by atoms with Crippen molar-refractivity contribution in [1.82, 2.24) is 0 Å². The van der Waals surface area contributed by atoms with E-state index < -0.39 is 21.8 Å². The van der Waals surface area contributed by atoms with Crippen molar-refractivity contribution in [3.63, 3.8) is 0 Å². The number of nitrogens with one attached hydrogen (secondary N) is 1. The van der Waals surface area contributed by atoms with Crippen LogP contribution in [0.3, 0.4) is 0 Å². The Morgan fingerprint density at radius 2 is 1.39 bits per heavy atom. The lowest BCUT2D eigenvalue weighted by atomic mass is 9.95. The Balaban J connectivity index is 0.000000269. The van der Waals surface area contributed by atoms with Crippen LogP contribution in [0.2, 0.25) is 5.02 Å². The molecule has 2 aromatic carbocycles. The Kier molecular flexibility index (Phi) is 11.1. The second-order valence-electron chi connectivity index (χ2n) is 7.83. The zero-order chi connectivity index (χ0) is 26.7. The highest BCUT2D eigenvalue weighted by atomic mass is 35.5. The van der Waals surface area contributed by atoms with E-state index >= 15 is 0 Å². The fraction of sp³-hybridized carbons (Fsp3) is 0.417. The van der Waals surface area contributed by atoms with Gasteiger partial charge in [-0.15, -0.1) is 0 Å². The highest BCUT2D eigenvalue weighted by Crippen LogP contribution is 2.29. The standard InChI is InChI=1S/C15H20N2O4.C9H8ClNO4/c1-2-21-15(18)11-8-9-13(14(10-11)17(19)20)16-12-6-4-3-5-7-12;1-2-15-9(12)6-3-4-7(10)8(5-6)11(13)14/h8-10,12,16H,2-7H2,1H3;3-5H,2H2,1H3. The lowest BCUT2D eigenvalue weighted by Gasteiger charge is -2.23. The molecule has 0 radical (unpaired) electrons. The van der Waals surface area contributed by atoms with E-state index in [4.69, 9.17) is 21.1 Å². The SMILES string of the molecule is CCOC(=O)c1ccc(Cl)c([N+](=O)[O-])c1.CCOC(=O)c1ccc(NC2CCCCC2)c([N+](=O)[O-])c1. The largest absolute Gasteiger partial charge is 0.462 e. The smallest absolute Gasteiger partial charge is 0.338 e. The second kappa shape index (κ2) is 14.0. The highest BCUT2D eigenvalue weighted by molar-refractivity contribution is 6.32. The Morgan fingerprint density at radius 1 is 0.889 bits per heavy atom. The summed E-state index contributed by atoms with van der Waals surface area (Å²) in [6.45, 7) is 3.82. The van der Waals surface area contributed by atoms with E-state index in [1.54, 1.807) is 26.0 Å². The number of esters is 2. The van der Waals surface area contributed by atoms with Crippen LogP contribution in [0.4, 0.5) is 17.1 Å². The van der Waals surface area contributed by atoms with Crippen LogP contribution in [-0.2, 0) is 9.47 Å². The Bertz CT molecular complexity index is 1100. The molecular weight excluding hydrogens is 494 g/mol. The monoisotopic (exact) mass is 521 g/mol. The maximum atomic E-state index is 11.7. The lowest BCUT2D eigenvalue weighted by Crippen LogP contribution is -2.22. The van der Waals surface area contributed by atoms with Gasteiger partial charge in [0.05, 0.1) is 34.2 Å². The van der Waals surface area contributed by atoms with Crippen molar-refractivity contribution in [3.8, 4) is 0 Å². The third-order valence-electron chi connectivity index (χ3n) is 5.32. The summed E-state index contributed by atoms with van der Waals surface area (Å²) in [6, 6.07) is 8.49. The molecule has 0 spiro atoms. The molecule has 36 heavy (non-hydrogen) atoms. The first-order valence-corrected chi connectivity index (χ1v) is 11.9. The fourth-order valence-corrected chi connectivity index (χ4v) is 3.79. The molecule has 11 nitrogen and oxygen atoms in total. The third-order valence-corrected chi connectivity index (χ3v) is 5.64. The number of nitrogens with zero attached hydrogens (tertiary/aromatic N) is 2. The van der Waals surface area contributed by atoms with Gasteiger partial charge >= 0.3 is 11.9 Å². The van der Waals surface area contributed by atoms with Crippen molar-refractivity contribution in [1.29, 1.82) is 0 Å². The Hall–Kier alpha value is -3.73. The molecule has 0 atom stereocenters. The molecule has 0 unspecified atom stereocenters. The van der Waals surface area contributed by atoms with Crippen molar-refractivity contribution >= 4 is 40.6 Å². The van der Waals surface area contributed by atoms with Gasteiger partial charge in [-0.2, -0.15) is 0 Å². The van der Waals surface area contributed by atoms with Crippen LogP contribution < -0.4 is 5.32 Å². The van der Waals surface area contributed by atoms with Crippen LogP contribution in [0.15, 0.2) is 36.4 Å². The van der Waals surface area contributed by atoms with E-state index in [2.05, 4.69) is 5.32 Å². The molecule has 0 amide bonds. The second-order valence-corrected chi connectivity index (χ2v) is 8.24. The summed E-state index contributed by atoms with van der Waals surface area (Å²) < 4.78 is 9.57. The first kappa shape index (κ1) is 28.5. The zero-order valence-electron chi connectivity index (χ0n) is 20.0. The van der Waals surface area contributed by atoms with Crippen LogP contribution in [0.5, 0.6) is 0 Å². The predicted octanol–water partition coefficient (Wildman–Crippen LogP) is 5.94. The normalized spacial score (nSPS) is 13.1. The van der Waals surface area contributed by atoms with Gasteiger partial charge in [-0.3, -0.25) is 20.2 Å². The summed E-state index contributed by atoms with van der Waals surface area (Å²) in [6.07, 6.45) is 5.56. The number of hydrogen-bond donors (Lipinski definition) is 1. The van der Waals surface area contributed by atoms with Gasteiger partial charge < -0.3 is 14.8 Å². The number of benzene rings is 2. The Labute approximate surface area is 213 Å². The molecule has 1 fully saturated rings. The minimum absolute atomic E-state index is 0.00644. The van der Waals surface area contributed by atoms with Gasteiger partial charge in [-0.1, -0.05) is 30.9 Å². The minimum atomic E-state index is -0.648. The van der Waals surface area contributed by atoms with Crippen molar-refractivity contribution < 1.29 is 28.9 Å². The maximum absolute atomic E-state index is 11.7. The summed E-state index contributed by atoms with van der Waals surface area (Å²) in [5, 5.41) is 25.0. The molecular formula is C24H28ClN3O8. The number of ether oxygens (including phenoxy) is 2. The lowest BCUT2D eigenvalue weighted by molar-refractivity contribution is -0.384. The molecule has 3 rings (SSSR count). The van der Waals surface area contributed by atoms with Gasteiger partial charge in [0, 0.05) is 18.2 Å². The van der Waals surface area contributed by atoms with Crippen molar-refractivity contribution in [3.05, 3.63) is 72.8 Å². The van der Waals surface area contributed by atoms with Crippen molar-refractivity contribution in [2.75, 3.05) is 18.5 Å². The van der Waals surface area contributed by atoms with E-state index in [-0.39, 0.29) is 46.8 Å². The van der Waals surface area contributed by atoms with Crippen LogP contribution in [0, 0.1) is 20.2 Å². The van der Waals surface area contributed by atoms with Gasteiger partial charge in [0.2, 0.25) is 0 Å². The fourth-order valence-electron chi connectivity index (χ4n) is 3.61. The van der Waals surface area contributed by atoms with Crippen LogP contribution >= 0.6 is 11.6 Å². The van der Waals surface area contributed by atoms with Gasteiger partial charge in [-0.25, -0.2) is 9.59 Å². The zero-order valence-corrected chi connectivity index (χ0v) is 20.8. The minimum Gasteiger partial charge on any atom is -0.462 e. The average Bonchev–Trinajstić information content (AvgIpc) is 2.85. The third kappa shape index (κ3) is 8.19. The first-order chi connectivity index (χ1) is 17.2. The molecule has 1 aliphatic carbocycles. The molecule has 0 bridgehead atoms. The van der Waals surface area contributed by atoms with Crippen LogP contribution in [0.1, 0.15) is 66.7 Å². The van der Waals surface area contributed by atoms with Crippen molar-refractivity contribution in [2.45, 2.75) is 52.0 Å². The number of rotatable bonds is 8. The molecule has 1 aliphatic rings. The number of hydrogen-bond acceptors (Lipinski definition) is 9. The summed E-state index contributed by atoms with van der Waals surface area (Å²) in [4.78, 5) is 43.5. The predicted molar refractivity (Wildman–Crippen MR) is 134 cm³/mol. The molecule has 12 heteroatoms. The van der Waals surface area contributed by atoms with Crippen LogP contribution in [0.25, 0.3) is 0 Å². The van der Waals surface area contributed by atoms with Gasteiger partial charge in [0.1, 0.15) is 10.7 Å². The number of anilines is 1. The van der Waals surface area contributed by atoms with E-state index in [0.717, 1.165) is 31.7 Å². The Morgan fingerprint density at radius 3 is 1.89 bits per heavy atom. The molecule has 1 saturated carbocycles. The number of nitro groups is 2. The van der Waals surface area contributed by atoms with Crippen LogP contribution in [-0.4, -0.2) is 41.0 Å². The topological polar surface area (TPSA) is 151 Å².